The van der Waals surface area contributed by atoms with Crippen molar-refractivity contribution >= 4 is 35.8 Å². The standard InChI is InChI=1S/C20H32N4O3.HI/c1-3-21-19(24-14-20(7-11-25)8-12-27-15-20)23-10-9-22-18(26)17-6-4-5-16(2)13-17;/h4-6,13,25H,3,7-12,14-15H2,1-2H3,(H,22,26)(H2,21,23,24);1H. The number of amides is 1. The number of carbonyl (C=O) groups excluding carboxylic acids is 1. The second-order valence-corrected chi connectivity index (χ2v) is 7.02. The van der Waals surface area contributed by atoms with Crippen molar-refractivity contribution in [3.63, 3.8) is 0 Å². The van der Waals surface area contributed by atoms with Crippen LogP contribution in [0.3, 0.4) is 0 Å². The highest BCUT2D eigenvalue weighted by atomic mass is 127. The number of nitrogens with one attached hydrogen (secondary N) is 3. The number of aliphatic hydroxyl groups excluding tert-OH is 1. The second-order valence-electron chi connectivity index (χ2n) is 7.02. The van der Waals surface area contributed by atoms with Crippen LogP contribution in [0.4, 0.5) is 0 Å². The fraction of sp³-hybridized carbons (Fsp3) is 0.600. The zero-order chi connectivity index (χ0) is 19.5. The van der Waals surface area contributed by atoms with E-state index in [1.165, 1.54) is 0 Å². The highest BCUT2D eigenvalue weighted by Crippen LogP contribution is 2.32. The molecule has 0 saturated carbocycles. The van der Waals surface area contributed by atoms with Gasteiger partial charge >= 0.3 is 0 Å². The van der Waals surface area contributed by atoms with Crippen molar-refractivity contribution < 1.29 is 14.6 Å². The lowest BCUT2D eigenvalue weighted by Crippen LogP contribution is -2.42. The Morgan fingerprint density at radius 3 is 2.71 bits per heavy atom. The van der Waals surface area contributed by atoms with Crippen LogP contribution in [0.15, 0.2) is 29.3 Å². The number of nitrogens with zero attached hydrogens (tertiary/aromatic N) is 1. The number of hydrogen-bond donors (Lipinski definition) is 4. The molecule has 1 aromatic carbocycles. The maximum absolute atomic E-state index is 12.2. The van der Waals surface area contributed by atoms with Gasteiger partial charge in [-0.15, -0.1) is 24.0 Å². The summed E-state index contributed by atoms with van der Waals surface area (Å²) in [6, 6.07) is 7.54. The molecule has 1 atom stereocenters. The first-order chi connectivity index (χ1) is 13.1. The van der Waals surface area contributed by atoms with Gasteiger partial charge in [-0.05, 0) is 38.8 Å². The Labute approximate surface area is 184 Å². The van der Waals surface area contributed by atoms with Crippen LogP contribution in [-0.2, 0) is 4.74 Å². The molecule has 0 aromatic heterocycles. The minimum Gasteiger partial charge on any atom is -0.396 e. The summed E-state index contributed by atoms with van der Waals surface area (Å²) in [5.41, 5.74) is 1.66. The van der Waals surface area contributed by atoms with E-state index >= 15 is 0 Å². The van der Waals surface area contributed by atoms with Crippen LogP contribution >= 0.6 is 24.0 Å². The van der Waals surface area contributed by atoms with Gasteiger partial charge in [0.2, 0.25) is 0 Å². The molecule has 8 heteroatoms. The number of ether oxygens (including phenoxy) is 1. The topological polar surface area (TPSA) is 95.0 Å². The van der Waals surface area contributed by atoms with Gasteiger partial charge in [0.25, 0.3) is 5.91 Å². The van der Waals surface area contributed by atoms with Crippen molar-refractivity contribution in [2.75, 3.05) is 46.0 Å². The molecular weight excluding hydrogens is 471 g/mol. The Hall–Kier alpha value is -1.39. The van der Waals surface area contributed by atoms with E-state index in [4.69, 9.17) is 4.74 Å². The number of benzene rings is 1. The van der Waals surface area contributed by atoms with Crippen LogP contribution in [-0.4, -0.2) is 63.0 Å². The minimum absolute atomic E-state index is 0. The summed E-state index contributed by atoms with van der Waals surface area (Å²) in [5, 5.41) is 18.7. The summed E-state index contributed by atoms with van der Waals surface area (Å²) < 4.78 is 5.51. The van der Waals surface area contributed by atoms with E-state index in [1.807, 2.05) is 38.1 Å². The molecule has 0 spiro atoms. The fourth-order valence-electron chi connectivity index (χ4n) is 3.12. The first-order valence-electron chi connectivity index (χ1n) is 9.64. The average molecular weight is 504 g/mol. The summed E-state index contributed by atoms with van der Waals surface area (Å²) in [6.07, 6.45) is 1.62. The van der Waals surface area contributed by atoms with Crippen molar-refractivity contribution in [2.24, 2.45) is 10.4 Å². The molecule has 1 heterocycles. The summed E-state index contributed by atoms with van der Waals surface area (Å²) in [5.74, 6) is 0.638. The first-order valence-corrected chi connectivity index (χ1v) is 9.64. The summed E-state index contributed by atoms with van der Waals surface area (Å²) >= 11 is 0. The van der Waals surface area contributed by atoms with Gasteiger partial charge in [0.15, 0.2) is 5.96 Å². The summed E-state index contributed by atoms with van der Waals surface area (Å²) in [4.78, 5) is 16.8. The van der Waals surface area contributed by atoms with E-state index in [0.29, 0.717) is 44.2 Å². The molecule has 2 rings (SSSR count). The quantitative estimate of drug-likeness (QED) is 0.178. The lowest BCUT2D eigenvalue weighted by atomic mass is 9.84. The Morgan fingerprint density at radius 1 is 1.29 bits per heavy atom. The van der Waals surface area contributed by atoms with Crippen molar-refractivity contribution in [2.45, 2.75) is 26.7 Å². The van der Waals surface area contributed by atoms with E-state index in [1.54, 1.807) is 0 Å². The number of carbonyl (C=O) groups is 1. The van der Waals surface area contributed by atoms with Crippen LogP contribution < -0.4 is 16.0 Å². The second kappa shape index (κ2) is 12.9. The van der Waals surface area contributed by atoms with E-state index in [0.717, 1.165) is 25.1 Å². The molecule has 1 saturated heterocycles. The molecule has 1 aliphatic rings. The maximum Gasteiger partial charge on any atom is 0.251 e. The molecule has 158 valence electrons. The zero-order valence-corrected chi connectivity index (χ0v) is 19.1. The van der Waals surface area contributed by atoms with Crippen LogP contribution in [0.5, 0.6) is 0 Å². The van der Waals surface area contributed by atoms with Gasteiger partial charge in [0.05, 0.1) is 13.2 Å². The molecule has 1 amide bonds. The van der Waals surface area contributed by atoms with Crippen LogP contribution in [0.1, 0.15) is 35.7 Å². The van der Waals surface area contributed by atoms with Gasteiger partial charge in [-0.1, -0.05) is 17.7 Å². The highest BCUT2D eigenvalue weighted by molar-refractivity contribution is 14.0. The van der Waals surface area contributed by atoms with Crippen molar-refractivity contribution in [3.8, 4) is 0 Å². The van der Waals surface area contributed by atoms with E-state index in [9.17, 15) is 9.90 Å². The van der Waals surface area contributed by atoms with Crippen LogP contribution in [0.25, 0.3) is 0 Å². The number of aryl methyl sites for hydroxylation is 1. The van der Waals surface area contributed by atoms with Crippen LogP contribution in [0.2, 0.25) is 0 Å². The molecule has 1 fully saturated rings. The van der Waals surface area contributed by atoms with E-state index < -0.39 is 0 Å². The molecule has 0 bridgehead atoms. The number of rotatable bonds is 9. The van der Waals surface area contributed by atoms with Crippen molar-refractivity contribution in [1.29, 1.82) is 0 Å². The number of aliphatic hydroxyl groups is 1. The largest absolute Gasteiger partial charge is 0.396 e. The predicted octanol–water partition coefficient (Wildman–Crippen LogP) is 1.69. The molecule has 7 nitrogen and oxygen atoms in total. The fourth-order valence-corrected chi connectivity index (χ4v) is 3.12. The Bertz CT molecular complexity index is 634. The number of aliphatic imine (C=N–C) groups is 1. The van der Waals surface area contributed by atoms with E-state index in [-0.39, 0.29) is 41.9 Å². The number of hydrogen-bond acceptors (Lipinski definition) is 4. The lowest BCUT2D eigenvalue weighted by molar-refractivity contribution is 0.0954. The molecule has 1 aliphatic heterocycles. The SMILES string of the molecule is CCNC(=NCC1(CCO)CCOC1)NCCNC(=O)c1cccc(C)c1.I. The summed E-state index contributed by atoms with van der Waals surface area (Å²) in [7, 11) is 0. The third-order valence-electron chi connectivity index (χ3n) is 4.73. The maximum atomic E-state index is 12.2. The smallest absolute Gasteiger partial charge is 0.251 e. The molecule has 0 radical (unpaired) electrons. The first kappa shape index (κ1) is 24.6. The average Bonchev–Trinajstić information content (AvgIpc) is 3.12. The van der Waals surface area contributed by atoms with Crippen molar-refractivity contribution in [1.82, 2.24) is 16.0 Å². The molecule has 4 N–H and O–H groups in total. The third kappa shape index (κ3) is 7.92. The zero-order valence-electron chi connectivity index (χ0n) is 16.8. The molecule has 1 unspecified atom stereocenters. The predicted molar refractivity (Wildman–Crippen MR) is 122 cm³/mol. The molecule has 28 heavy (non-hydrogen) atoms. The van der Waals surface area contributed by atoms with Gasteiger partial charge in [0.1, 0.15) is 0 Å². The van der Waals surface area contributed by atoms with Gasteiger partial charge in [-0.25, -0.2) is 0 Å². The molecule has 1 aromatic rings. The van der Waals surface area contributed by atoms with Gasteiger partial charge in [0, 0.05) is 43.8 Å². The Kier molecular flexibility index (Phi) is 11.4. The number of guanidine groups is 1. The number of halogens is 1. The summed E-state index contributed by atoms with van der Waals surface area (Å²) in [6.45, 7) is 7.94. The molecule has 0 aliphatic carbocycles. The van der Waals surface area contributed by atoms with Gasteiger partial charge in [-0.2, -0.15) is 0 Å². The highest BCUT2D eigenvalue weighted by Gasteiger charge is 2.34. The normalized spacial score (nSPS) is 19.0. The van der Waals surface area contributed by atoms with Gasteiger partial charge < -0.3 is 25.8 Å². The third-order valence-corrected chi connectivity index (χ3v) is 4.73. The Morgan fingerprint density at radius 2 is 2.07 bits per heavy atom. The monoisotopic (exact) mass is 504 g/mol. The van der Waals surface area contributed by atoms with Crippen LogP contribution in [0, 0.1) is 12.3 Å². The van der Waals surface area contributed by atoms with E-state index in [2.05, 4.69) is 20.9 Å². The lowest BCUT2D eigenvalue weighted by Gasteiger charge is -2.24. The van der Waals surface area contributed by atoms with Gasteiger partial charge in [-0.3, -0.25) is 9.79 Å². The molecular formula is C20H33IN4O3. The Balaban J connectivity index is 0.00000392. The van der Waals surface area contributed by atoms with Crippen molar-refractivity contribution in [3.05, 3.63) is 35.4 Å². The minimum atomic E-state index is -0.0764.